The summed E-state index contributed by atoms with van der Waals surface area (Å²) in [4.78, 5) is 23.5. The van der Waals surface area contributed by atoms with Gasteiger partial charge in [0.25, 0.3) is 0 Å². The van der Waals surface area contributed by atoms with Crippen molar-refractivity contribution in [3.63, 3.8) is 0 Å². The second kappa shape index (κ2) is 7.63. The van der Waals surface area contributed by atoms with E-state index < -0.39 is 0 Å². The number of piperidine rings is 1. The predicted octanol–water partition coefficient (Wildman–Crippen LogP) is 2.48. The van der Waals surface area contributed by atoms with Crippen LogP contribution in [-0.2, 0) is 11.3 Å². The first-order chi connectivity index (χ1) is 12.1. The molecule has 1 saturated heterocycles. The molecule has 0 aromatic carbocycles. The molecule has 25 heavy (non-hydrogen) atoms. The van der Waals surface area contributed by atoms with E-state index in [1.807, 2.05) is 42.5 Å². The average Bonchev–Trinajstić information content (AvgIpc) is 3.10. The topological polar surface area (TPSA) is 75.9 Å². The molecule has 2 aromatic heterocycles. The van der Waals surface area contributed by atoms with Gasteiger partial charge in [0.15, 0.2) is 0 Å². The van der Waals surface area contributed by atoms with Gasteiger partial charge in [-0.1, -0.05) is 0 Å². The zero-order valence-corrected chi connectivity index (χ0v) is 15.2. The van der Waals surface area contributed by atoms with Gasteiger partial charge in [-0.2, -0.15) is 5.10 Å². The summed E-state index contributed by atoms with van der Waals surface area (Å²) < 4.78 is 1.90. The van der Waals surface area contributed by atoms with Crippen molar-refractivity contribution < 1.29 is 4.79 Å². The van der Waals surface area contributed by atoms with Crippen molar-refractivity contribution in [1.29, 1.82) is 0 Å². The Morgan fingerprint density at radius 1 is 1.28 bits per heavy atom. The molecule has 1 aliphatic rings. The number of nitrogens with one attached hydrogen (secondary N) is 1. The third-order valence-corrected chi connectivity index (χ3v) is 4.52. The summed E-state index contributed by atoms with van der Waals surface area (Å²) in [5.41, 5.74) is 1.76. The van der Waals surface area contributed by atoms with Gasteiger partial charge in [-0.15, -0.1) is 0 Å². The van der Waals surface area contributed by atoms with Crippen molar-refractivity contribution in [2.24, 2.45) is 0 Å². The fourth-order valence-corrected chi connectivity index (χ4v) is 3.25. The molecule has 2 aromatic rings. The van der Waals surface area contributed by atoms with E-state index in [0.717, 1.165) is 43.9 Å². The van der Waals surface area contributed by atoms with E-state index in [1.165, 1.54) is 6.42 Å². The number of carbonyl (C=O) groups excluding carboxylic acids is 1. The van der Waals surface area contributed by atoms with E-state index in [2.05, 4.69) is 20.4 Å². The molecule has 1 fully saturated rings. The summed E-state index contributed by atoms with van der Waals surface area (Å²) in [6, 6.07) is 3.52. The van der Waals surface area contributed by atoms with Gasteiger partial charge in [-0.05, 0) is 46.1 Å². The lowest BCUT2D eigenvalue weighted by Crippen LogP contribution is -2.44. The Labute approximate surface area is 148 Å². The maximum absolute atomic E-state index is 12.6. The predicted molar refractivity (Wildman–Crippen MR) is 97.2 cm³/mol. The quantitative estimate of drug-likeness (QED) is 0.903. The zero-order valence-electron chi connectivity index (χ0n) is 15.2. The van der Waals surface area contributed by atoms with Crippen LogP contribution < -0.4 is 5.32 Å². The van der Waals surface area contributed by atoms with Crippen molar-refractivity contribution >= 4 is 11.7 Å². The van der Waals surface area contributed by atoms with E-state index in [-0.39, 0.29) is 11.9 Å². The molecule has 3 rings (SSSR count). The van der Waals surface area contributed by atoms with Gasteiger partial charge in [-0.25, -0.2) is 9.97 Å². The number of aromatic nitrogens is 4. The molecule has 0 bridgehead atoms. The molecule has 1 aliphatic heterocycles. The molecule has 1 unspecified atom stereocenters. The van der Waals surface area contributed by atoms with Crippen molar-refractivity contribution in [1.82, 2.24) is 24.6 Å². The van der Waals surface area contributed by atoms with Crippen molar-refractivity contribution in [2.45, 2.75) is 52.6 Å². The summed E-state index contributed by atoms with van der Waals surface area (Å²) in [5.74, 6) is 1.47. The number of amides is 1. The molecule has 0 aliphatic carbocycles. The van der Waals surface area contributed by atoms with E-state index in [1.54, 1.807) is 6.20 Å². The van der Waals surface area contributed by atoms with E-state index >= 15 is 0 Å². The summed E-state index contributed by atoms with van der Waals surface area (Å²) >= 11 is 0. The number of anilines is 1. The molecule has 0 saturated carbocycles. The smallest absolute Gasteiger partial charge is 0.244 e. The second-order valence-electron chi connectivity index (χ2n) is 6.47. The van der Waals surface area contributed by atoms with Gasteiger partial charge >= 0.3 is 0 Å². The van der Waals surface area contributed by atoms with Crippen molar-refractivity contribution in [3.05, 3.63) is 24.2 Å². The lowest BCUT2D eigenvalue weighted by Gasteiger charge is -2.29. The standard InChI is InChI=1S/C18H26N6O/c1-4-24-16(8-9-19-24)15-12-17(22-14(3)21-15)20-13(2)18(25)23-10-6-5-7-11-23/h8-9,12-13H,4-7,10-11H2,1-3H3,(H,20,21,22). The van der Waals surface area contributed by atoms with Crippen LogP contribution in [0.4, 0.5) is 5.82 Å². The van der Waals surface area contributed by atoms with Crippen molar-refractivity contribution in [2.75, 3.05) is 18.4 Å². The fraction of sp³-hybridized carbons (Fsp3) is 0.556. The highest BCUT2D eigenvalue weighted by molar-refractivity contribution is 5.84. The van der Waals surface area contributed by atoms with Crippen LogP contribution in [-0.4, -0.2) is 49.7 Å². The molecule has 134 valence electrons. The summed E-state index contributed by atoms with van der Waals surface area (Å²) in [5, 5.41) is 7.54. The Hall–Kier alpha value is -2.44. The minimum absolute atomic E-state index is 0.135. The molecule has 3 heterocycles. The van der Waals surface area contributed by atoms with Crippen LogP contribution in [0.2, 0.25) is 0 Å². The number of carbonyl (C=O) groups is 1. The van der Waals surface area contributed by atoms with E-state index in [4.69, 9.17) is 0 Å². The molecule has 0 radical (unpaired) electrons. The first-order valence-electron chi connectivity index (χ1n) is 9.01. The van der Waals surface area contributed by atoms with Crippen LogP contribution in [0.25, 0.3) is 11.4 Å². The van der Waals surface area contributed by atoms with Gasteiger partial charge < -0.3 is 10.2 Å². The summed E-state index contributed by atoms with van der Waals surface area (Å²) in [6.07, 6.45) is 5.17. The Kier molecular flexibility index (Phi) is 5.31. The molecule has 7 nitrogen and oxygen atoms in total. The monoisotopic (exact) mass is 342 g/mol. The molecule has 7 heteroatoms. The van der Waals surface area contributed by atoms with Crippen LogP contribution >= 0.6 is 0 Å². The van der Waals surface area contributed by atoms with E-state index in [0.29, 0.717) is 11.6 Å². The highest BCUT2D eigenvalue weighted by Crippen LogP contribution is 2.20. The highest BCUT2D eigenvalue weighted by atomic mass is 16.2. The molecule has 1 atom stereocenters. The Bertz CT molecular complexity index is 735. The van der Waals surface area contributed by atoms with Gasteiger partial charge in [0, 0.05) is 31.9 Å². The second-order valence-corrected chi connectivity index (χ2v) is 6.47. The van der Waals surface area contributed by atoms with Crippen LogP contribution in [0.5, 0.6) is 0 Å². The van der Waals surface area contributed by atoms with Gasteiger partial charge in [0.1, 0.15) is 17.7 Å². The van der Waals surface area contributed by atoms with Gasteiger partial charge in [0.2, 0.25) is 5.91 Å². The number of aryl methyl sites for hydroxylation is 2. The van der Waals surface area contributed by atoms with Gasteiger partial charge in [0.05, 0.1) is 11.4 Å². The largest absolute Gasteiger partial charge is 0.358 e. The lowest BCUT2D eigenvalue weighted by molar-refractivity contribution is -0.132. The number of rotatable bonds is 5. The number of hydrogen-bond acceptors (Lipinski definition) is 5. The summed E-state index contributed by atoms with van der Waals surface area (Å²) in [7, 11) is 0. The third kappa shape index (κ3) is 3.97. The van der Waals surface area contributed by atoms with Crippen LogP contribution in [0, 0.1) is 6.92 Å². The Balaban J connectivity index is 1.77. The van der Waals surface area contributed by atoms with Crippen LogP contribution in [0.1, 0.15) is 38.9 Å². The fourth-order valence-electron chi connectivity index (χ4n) is 3.25. The molecule has 1 amide bonds. The molecular weight excluding hydrogens is 316 g/mol. The Morgan fingerprint density at radius 2 is 2.04 bits per heavy atom. The SMILES string of the molecule is CCn1nccc1-c1cc(NC(C)C(=O)N2CCCCC2)nc(C)n1. The number of nitrogens with zero attached hydrogens (tertiary/aromatic N) is 5. The minimum Gasteiger partial charge on any atom is -0.358 e. The highest BCUT2D eigenvalue weighted by Gasteiger charge is 2.22. The maximum atomic E-state index is 12.6. The number of likely N-dealkylation sites (tertiary alicyclic amines) is 1. The Morgan fingerprint density at radius 3 is 2.76 bits per heavy atom. The van der Waals surface area contributed by atoms with Gasteiger partial charge in [-0.3, -0.25) is 9.48 Å². The lowest BCUT2D eigenvalue weighted by atomic mass is 10.1. The molecule has 1 N–H and O–H groups in total. The van der Waals surface area contributed by atoms with Crippen LogP contribution in [0.3, 0.4) is 0 Å². The third-order valence-electron chi connectivity index (χ3n) is 4.52. The first-order valence-corrected chi connectivity index (χ1v) is 9.01. The minimum atomic E-state index is -0.309. The summed E-state index contributed by atoms with van der Waals surface area (Å²) in [6.45, 7) is 8.28. The van der Waals surface area contributed by atoms with E-state index in [9.17, 15) is 4.79 Å². The van der Waals surface area contributed by atoms with Crippen molar-refractivity contribution in [3.8, 4) is 11.4 Å². The number of hydrogen-bond donors (Lipinski definition) is 1. The first kappa shape index (κ1) is 17.4. The van der Waals surface area contributed by atoms with Crippen LogP contribution in [0.15, 0.2) is 18.3 Å². The normalized spacial score (nSPS) is 15.9. The molecular formula is C18H26N6O. The molecule has 0 spiro atoms. The maximum Gasteiger partial charge on any atom is 0.244 e. The zero-order chi connectivity index (χ0) is 17.8. The average molecular weight is 342 g/mol.